The molecular formula is C12H15FN2O3S. The Balaban J connectivity index is 2.76. The number of hydrogen-bond acceptors (Lipinski definition) is 3. The number of aryl methyl sites for hydroxylation is 1. The predicted octanol–water partition coefficient (Wildman–Crippen LogP) is 0.715. The first kappa shape index (κ1) is 15.3. The van der Waals surface area contributed by atoms with Gasteiger partial charge < -0.3 is 5.32 Å². The molecule has 0 spiro atoms. The van der Waals surface area contributed by atoms with Crippen molar-refractivity contribution in [3.63, 3.8) is 0 Å². The van der Waals surface area contributed by atoms with E-state index in [-0.39, 0.29) is 23.5 Å². The van der Waals surface area contributed by atoms with E-state index in [2.05, 4.69) is 16.6 Å². The number of sulfonamides is 1. The summed E-state index contributed by atoms with van der Waals surface area (Å²) in [4.78, 5) is 11.2. The van der Waals surface area contributed by atoms with Crippen LogP contribution in [0.15, 0.2) is 35.7 Å². The Morgan fingerprint density at radius 2 is 2.16 bits per heavy atom. The van der Waals surface area contributed by atoms with Gasteiger partial charge in [-0.1, -0.05) is 6.08 Å². The maximum atomic E-state index is 12.9. The van der Waals surface area contributed by atoms with Crippen LogP contribution in [-0.2, 0) is 14.8 Å². The van der Waals surface area contributed by atoms with Crippen molar-refractivity contribution in [2.45, 2.75) is 11.8 Å². The van der Waals surface area contributed by atoms with E-state index in [0.717, 1.165) is 18.2 Å². The smallest absolute Gasteiger partial charge is 0.241 e. The van der Waals surface area contributed by atoms with E-state index in [4.69, 9.17) is 0 Å². The summed E-state index contributed by atoms with van der Waals surface area (Å²) >= 11 is 0. The second-order valence-corrected chi connectivity index (χ2v) is 5.56. The number of hydrogen-bond donors (Lipinski definition) is 2. The van der Waals surface area contributed by atoms with Crippen molar-refractivity contribution in [3.8, 4) is 0 Å². The maximum absolute atomic E-state index is 12.9. The fourth-order valence-corrected chi connectivity index (χ4v) is 2.61. The Hall–Kier alpha value is -1.73. The number of carbonyl (C=O) groups excluding carboxylic acids is 1. The SMILES string of the molecule is C=CCNC(=O)CNS(=O)(=O)c1ccc(F)cc1C. The van der Waals surface area contributed by atoms with Gasteiger partial charge in [0.15, 0.2) is 0 Å². The summed E-state index contributed by atoms with van der Waals surface area (Å²) in [6.07, 6.45) is 1.48. The highest BCUT2D eigenvalue weighted by Gasteiger charge is 2.17. The fraction of sp³-hybridized carbons (Fsp3) is 0.250. The Kier molecular flexibility index (Phi) is 5.20. The average molecular weight is 286 g/mol. The van der Waals surface area contributed by atoms with E-state index in [9.17, 15) is 17.6 Å². The van der Waals surface area contributed by atoms with E-state index in [0.29, 0.717) is 0 Å². The van der Waals surface area contributed by atoms with Crippen LogP contribution in [-0.4, -0.2) is 27.4 Å². The lowest BCUT2D eigenvalue weighted by atomic mass is 10.2. The molecule has 0 aromatic heterocycles. The summed E-state index contributed by atoms with van der Waals surface area (Å²) in [6, 6.07) is 3.33. The van der Waals surface area contributed by atoms with Crippen LogP contribution in [0, 0.1) is 12.7 Å². The van der Waals surface area contributed by atoms with Gasteiger partial charge in [-0.2, -0.15) is 0 Å². The summed E-state index contributed by atoms with van der Waals surface area (Å²) in [5.41, 5.74) is 0.277. The third-order valence-corrected chi connectivity index (χ3v) is 3.85. The highest BCUT2D eigenvalue weighted by molar-refractivity contribution is 7.89. The summed E-state index contributed by atoms with van der Waals surface area (Å²) in [7, 11) is -3.83. The molecule has 1 amide bonds. The first-order valence-corrected chi connectivity index (χ1v) is 6.98. The highest BCUT2D eigenvalue weighted by atomic mass is 32.2. The number of carbonyl (C=O) groups is 1. The summed E-state index contributed by atoms with van der Waals surface area (Å²) in [6.45, 7) is 4.78. The molecule has 0 bridgehead atoms. The molecule has 1 aromatic rings. The number of rotatable bonds is 6. The minimum absolute atomic E-state index is 0.0505. The monoisotopic (exact) mass is 286 g/mol. The molecule has 0 unspecified atom stereocenters. The Labute approximate surface area is 111 Å². The lowest BCUT2D eigenvalue weighted by Crippen LogP contribution is -2.37. The van der Waals surface area contributed by atoms with Crippen LogP contribution in [0.1, 0.15) is 5.56 Å². The fourth-order valence-electron chi connectivity index (χ4n) is 1.40. The van der Waals surface area contributed by atoms with Crippen molar-refractivity contribution in [1.82, 2.24) is 10.0 Å². The molecule has 0 radical (unpaired) electrons. The van der Waals surface area contributed by atoms with Gasteiger partial charge in [0.05, 0.1) is 11.4 Å². The number of nitrogens with one attached hydrogen (secondary N) is 2. The Morgan fingerprint density at radius 1 is 1.47 bits per heavy atom. The molecule has 104 valence electrons. The van der Waals surface area contributed by atoms with Gasteiger partial charge in [0.25, 0.3) is 0 Å². The molecule has 1 rings (SSSR count). The van der Waals surface area contributed by atoms with Crippen LogP contribution in [0.2, 0.25) is 0 Å². The lowest BCUT2D eigenvalue weighted by Gasteiger charge is -2.09. The maximum Gasteiger partial charge on any atom is 0.241 e. The van der Waals surface area contributed by atoms with E-state index in [1.807, 2.05) is 0 Å². The Morgan fingerprint density at radius 3 is 2.74 bits per heavy atom. The molecule has 0 saturated carbocycles. The molecule has 0 atom stereocenters. The van der Waals surface area contributed by atoms with Gasteiger partial charge in [-0.05, 0) is 30.7 Å². The van der Waals surface area contributed by atoms with Crippen LogP contribution in [0.3, 0.4) is 0 Å². The van der Waals surface area contributed by atoms with Crippen molar-refractivity contribution < 1.29 is 17.6 Å². The van der Waals surface area contributed by atoms with Crippen molar-refractivity contribution >= 4 is 15.9 Å². The zero-order valence-corrected chi connectivity index (χ0v) is 11.3. The van der Waals surface area contributed by atoms with Gasteiger partial charge in [0.1, 0.15) is 5.82 Å². The third kappa shape index (κ3) is 4.46. The van der Waals surface area contributed by atoms with Gasteiger partial charge in [0, 0.05) is 6.54 Å². The van der Waals surface area contributed by atoms with E-state index < -0.39 is 21.7 Å². The lowest BCUT2D eigenvalue weighted by molar-refractivity contribution is -0.119. The molecule has 7 heteroatoms. The van der Waals surface area contributed by atoms with Crippen LogP contribution >= 0.6 is 0 Å². The summed E-state index contributed by atoms with van der Waals surface area (Å²) in [5.74, 6) is -0.983. The van der Waals surface area contributed by atoms with Gasteiger partial charge in [-0.25, -0.2) is 17.5 Å². The molecular weight excluding hydrogens is 271 g/mol. The molecule has 0 saturated heterocycles. The number of benzene rings is 1. The topological polar surface area (TPSA) is 75.3 Å². The molecule has 1 aromatic carbocycles. The van der Waals surface area contributed by atoms with Crippen molar-refractivity contribution in [2.75, 3.05) is 13.1 Å². The first-order chi connectivity index (χ1) is 8.86. The summed E-state index contributed by atoms with van der Waals surface area (Å²) in [5, 5.41) is 2.44. The van der Waals surface area contributed by atoms with E-state index in [1.165, 1.54) is 13.0 Å². The van der Waals surface area contributed by atoms with Crippen molar-refractivity contribution in [1.29, 1.82) is 0 Å². The van der Waals surface area contributed by atoms with Crippen LogP contribution < -0.4 is 10.0 Å². The second kappa shape index (κ2) is 6.44. The first-order valence-electron chi connectivity index (χ1n) is 5.50. The zero-order valence-electron chi connectivity index (χ0n) is 10.4. The minimum atomic E-state index is -3.83. The molecule has 0 aliphatic rings. The molecule has 19 heavy (non-hydrogen) atoms. The van der Waals surface area contributed by atoms with Crippen LogP contribution in [0.4, 0.5) is 4.39 Å². The standard InChI is InChI=1S/C12H15FN2O3S/c1-3-6-14-12(16)8-15-19(17,18)11-5-4-10(13)7-9(11)2/h3-5,7,15H,1,6,8H2,2H3,(H,14,16). The quantitative estimate of drug-likeness (QED) is 0.756. The predicted molar refractivity (Wildman–Crippen MR) is 69.5 cm³/mol. The zero-order chi connectivity index (χ0) is 14.5. The highest BCUT2D eigenvalue weighted by Crippen LogP contribution is 2.15. The average Bonchev–Trinajstić information content (AvgIpc) is 2.33. The largest absolute Gasteiger partial charge is 0.352 e. The number of halogens is 1. The third-order valence-electron chi connectivity index (χ3n) is 2.29. The van der Waals surface area contributed by atoms with Crippen molar-refractivity contribution in [2.24, 2.45) is 0 Å². The Bertz CT molecular complexity index is 585. The van der Waals surface area contributed by atoms with Crippen LogP contribution in [0.5, 0.6) is 0 Å². The van der Waals surface area contributed by atoms with Gasteiger partial charge in [-0.3, -0.25) is 4.79 Å². The van der Waals surface area contributed by atoms with Crippen molar-refractivity contribution in [3.05, 3.63) is 42.2 Å². The van der Waals surface area contributed by atoms with Gasteiger partial charge >= 0.3 is 0 Å². The second-order valence-electron chi connectivity index (χ2n) is 3.83. The normalized spacial score (nSPS) is 11.1. The molecule has 0 aliphatic heterocycles. The van der Waals surface area contributed by atoms with Gasteiger partial charge in [-0.15, -0.1) is 6.58 Å². The molecule has 0 fully saturated rings. The molecule has 5 nitrogen and oxygen atoms in total. The molecule has 2 N–H and O–H groups in total. The van der Waals surface area contributed by atoms with Gasteiger partial charge in [0.2, 0.25) is 15.9 Å². The molecule has 0 aliphatic carbocycles. The summed E-state index contributed by atoms with van der Waals surface area (Å²) < 4.78 is 38.9. The van der Waals surface area contributed by atoms with E-state index >= 15 is 0 Å². The molecule has 0 heterocycles. The minimum Gasteiger partial charge on any atom is -0.352 e. The van der Waals surface area contributed by atoms with Crippen LogP contribution in [0.25, 0.3) is 0 Å². The van der Waals surface area contributed by atoms with E-state index in [1.54, 1.807) is 0 Å². The number of amides is 1.